The van der Waals surface area contributed by atoms with Crippen molar-refractivity contribution in [2.45, 2.75) is 50.4 Å². The molecular formula is C12H22N2S2. The Morgan fingerprint density at radius 3 is 3.00 bits per heavy atom. The highest BCUT2D eigenvalue weighted by molar-refractivity contribution is 8.00. The number of nitrogens with zero attached hydrogens (tertiary/aromatic N) is 1. The number of hydrogen-bond donors (Lipinski definition) is 1. The quantitative estimate of drug-likeness (QED) is 0.568. The number of nitrogens with one attached hydrogen (secondary N) is 1. The summed E-state index contributed by atoms with van der Waals surface area (Å²) < 4.78 is 1.21. The van der Waals surface area contributed by atoms with Crippen molar-refractivity contribution in [3.05, 3.63) is 11.1 Å². The number of aromatic nitrogens is 1. The summed E-state index contributed by atoms with van der Waals surface area (Å²) in [6.45, 7) is 7.67. The summed E-state index contributed by atoms with van der Waals surface area (Å²) >= 11 is 3.65. The summed E-state index contributed by atoms with van der Waals surface area (Å²) in [6.07, 6.45) is 3.75. The molecule has 0 amide bonds. The number of aryl methyl sites for hydroxylation is 1. The number of thiazole rings is 1. The van der Waals surface area contributed by atoms with E-state index in [2.05, 4.69) is 36.5 Å². The van der Waals surface area contributed by atoms with Crippen molar-refractivity contribution in [1.82, 2.24) is 10.3 Å². The number of thioether (sulfide) groups is 1. The predicted octanol–water partition coefficient (Wildman–Crippen LogP) is 3.71. The molecule has 0 saturated carbocycles. The minimum absolute atomic E-state index is 0.651. The van der Waals surface area contributed by atoms with Crippen LogP contribution in [0.25, 0.3) is 0 Å². The monoisotopic (exact) mass is 258 g/mol. The molecule has 1 aromatic rings. The van der Waals surface area contributed by atoms with E-state index in [0.717, 1.165) is 12.2 Å². The molecule has 1 N–H and O–H groups in total. The molecule has 16 heavy (non-hydrogen) atoms. The predicted molar refractivity (Wildman–Crippen MR) is 74.6 cm³/mol. The van der Waals surface area contributed by atoms with Crippen LogP contribution >= 0.6 is 23.1 Å². The summed E-state index contributed by atoms with van der Waals surface area (Å²) in [5.74, 6) is 1.19. The molecule has 0 aliphatic rings. The molecule has 1 unspecified atom stereocenters. The van der Waals surface area contributed by atoms with Gasteiger partial charge in [0.05, 0.1) is 0 Å². The minimum Gasteiger partial charge on any atom is -0.314 e. The lowest BCUT2D eigenvalue weighted by Gasteiger charge is -2.12. The van der Waals surface area contributed by atoms with Crippen molar-refractivity contribution in [3.63, 3.8) is 0 Å². The molecule has 0 aliphatic heterocycles. The van der Waals surface area contributed by atoms with Crippen LogP contribution in [0.2, 0.25) is 0 Å². The van der Waals surface area contributed by atoms with Gasteiger partial charge in [0, 0.05) is 22.9 Å². The van der Waals surface area contributed by atoms with E-state index in [1.54, 1.807) is 11.3 Å². The molecule has 1 atom stereocenters. The summed E-state index contributed by atoms with van der Waals surface area (Å²) in [4.78, 5) is 4.44. The van der Waals surface area contributed by atoms with E-state index in [1.807, 2.05) is 11.8 Å². The van der Waals surface area contributed by atoms with E-state index in [0.29, 0.717) is 6.04 Å². The molecule has 92 valence electrons. The first-order valence-electron chi connectivity index (χ1n) is 6.00. The average Bonchev–Trinajstić information content (AvgIpc) is 2.67. The third-order valence-electron chi connectivity index (χ3n) is 2.35. The highest BCUT2D eigenvalue weighted by atomic mass is 32.2. The average molecular weight is 258 g/mol. The largest absolute Gasteiger partial charge is 0.314 e. The zero-order valence-electron chi connectivity index (χ0n) is 10.5. The number of hydrogen-bond acceptors (Lipinski definition) is 4. The maximum atomic E-state index is 4.44. The maximum absolute atomic E-state index is 4.44. The van der Waals surface area contributed by atoms with Crippen LogP contribution in [0.4, 0.5) is 0 Å². The van der Waals surface area contributed by atoms with Crippen LogP contribution in [-0.2, 0) is 0 Å². The van der Waals surface area contributed by atoms with Crippen LogP contribution < -0.4 is 5.32 Å². The summed E-state index contributed by atoms with van der Waals surface area (Å²) in [6, 6.07) is 0.651. The molecule has 1 heterocycles. The molecule has 0 spiro atoms. The van der Waals surface area contributed by atoms with Crippen molar-refractivity contribution in [2.24, 2.45) is 0 Å². The lowest BCUT2D eigenvalue weighted by molar-refractivity contribution is 0.510. The molecule has 2 nitrogen and oxygen atoms in total. The Bertz CT molecular complexity index is 286. The zero-order valence-corrected chi connectivity index (χ0v) is 12.1. The third kappa shape index (κ3) is 5.87. The van der Waals surface area contributed by atoms with Gasteiger partial charge >= 0.3 is 0 Å². The van der Waals surface area contributed by atoms with E-state index < -0.39 is 0 Å². The van der Waals surface area contributed by atoms with Crippen LogP contribution in [0.5, 0.6) is 0 Å². The first kappa shape index (κ1) is 14.0. The van der Waals surface area contributed by atoms with Crippen molar-refractivity contribution in [3.8, 4) is 0 Å². The highest BCUT2D eigenvalue weighted by Gasteiger charge is 2.02. The molecule has 1 aromatic heterocycles. The fourth-order valence-electron chi connectivity index (χ4n) is 1.44. The molecule has 0 aliphatic carbocycles. The lowest BCUT2D eigenvalue weighted by Crippen LogP contribution is -2.26. The fraction of sp³-hybridized carbons (Fsp3) is 0.750. The topological polar surface area (TPSA) is 24.9 Å². The first-order valence-corrected chi connectivity index (χ1v) is 7.87. The SMILES string of the molecule is CCCNC(C)CCCSc1nc(C)cs1. The van der Waals surface area contributed by atoms with Gasteiger partial charge in [0.1, 0.15) is 4.34 Å². The van der Waals surface area contributed by atoms with E-state index >= 15 is 0 Å². The maximum Gasteiger partial charge on any atom is 0.150 e. The number of rotatable bonds is 8. The lowest BCUT2D eigenvalue weighted by atomic mass is 10.2. The van der Waals surface area contributed by atoms with E-state index in [1.165, 1.54) is 29.4 Å². The molecule has 0 fully saturated rings. The molecule has 0 aromatic carbocycles. The Morgan fingerprint density at radius 2 is 2.38 bits per heavy atom. The normalized spacial score (nSPS) is 12.9. The van der Waals surface area contributed by atoms with Gasteiger partial charge in [-0.25, -0.2) is 4.98 Å². The van der Waals surface area contributed by atoms with E-state index in [9.17, 15) is 0 Å². The van der Waals surface area contributed by atoms with Crippen molar-refractivity contribution in [2.75, 3.05) is 12.3 Å². The molecule has 0 bridgehead atoms. The smallest absolute Gasteiger partial charge is 0.150 e. The van der Waals surface area contributed by atoms with Gasteiger partial charge in [-0.1, -0.05) is 18.7 Å². The van der Waals surface area contributed by atoms with Crippen molar-refractivity contribution < 1.29 is 0 Å². The molecule has 0 radical (unpaired) electrons. The minimum atomic E-state index is 0.651. The van der Waals surface area contributed by atoms with Crippen molar-refractivity contribution in [1.29, 1.82) is 0 Å². The molecule has 1 rings (SSSR count). The van der Waals surface area contributed by atoms with E-state index in [4.69, 9.17) is 0 Å². The first-order chi connectivity index (χ1) is 7.72. The van der Waals surface area contributed by atoms with Crippen LogP contribution in [-0.4, -0.2) is 23.3 Å². The van der Waals surface area contributed by atoms with Gasteiger partial charge in [0.25, 0.3) is 0 Å². The summed E-state index contributed by atoms with van der Waals surface area (Å²) in [7, 11) is 0. The van der Waals surface area contributed by atoms with E-state index in [-0.39, 0.29) is 0 Å². The standard InChI is InChI=1S/C12H22N2S2/c1-4-7-13-10(2)6-5-8-15-12-14-11(3)9-16-12/h9-10,13H,4-8H2,1-3H3. The van der Waals surface area contributed by atoms with Crippen LogP contribution in [0, 0.1) is 6.92 Å². The second-order valence-electron chi connectivity index (χ2n) is 4.10. The van der Waals surface area contributed by atoms with Crippen LogP contribution in [0.3, 0.4) is 0 Å². The van der Waals surface area contributed by atoms with Crippen LogP contribution in [0.15, 0.2) is 9.72 Å². The van der Waals surface area contributed by atoms with Gasteiger partial charge in [-0.3, -0.25) is 0 Å². The van der Waals surface area contributed by atoms with Gasteiger partial charge < -0.3 is 5.32 Å². The van der Waals surface area contributed by atoms with Gasteiger partial charge in [0.15, 0.2) is 0 Å². The van der Waals surface area contributed by atoms with Crippen LogP contribution in [0.1, 0.15) is 38.8 Å². The molecular weight excluding hydrogens is 236 g/mol. The summed E-state index contributed by atoms with van der Waals surface area (Å²) in [5.41, 5.74) is 1.14. The summed E-state index contributed by atoms with van der Waals surface area (Å²) in [5, 5.41) is 5.63. The Kier molecular flexibility index (Phi) is 7.08. The van der Waals surface area contributed by atoms with Gasteiger partial charge in [-0.05, 0) is 39.7 Å². The molecule has 4 heteroatoms. The van der Waals surface area contributed by atoms with Crippen molar-refractivity contribution >= 4 is 23.1 Å². The Balaban J connectivity index is 2.03. The Labute approximate surface area is 107 Å². The van der Waals surface area contributed by atoms with Gasteiger partial charge in [0.2, 0.25) is 0 Å². The Morgan fingerprint density at radius 1 is 1.56 bits per heavy atom. The molecule has 0 saturated heterocycles. The second-order valence-corrected chi connectivity index (χ2v) is 6.30. The van der Waals surface area contributed by atoms with Gasteiger partial charge in [-0.2, -0.15) is 0 Å². The second kappa shape index (κ2) is 8.09. The zero-order chi connectivity index (χ0) is 11.8. The highest BCUT2D eigenvalue weighted by Crippen LogP contribution is 2.23. The third-order valence-corrected chi connectivity index (χ3v) is 4.57. The Hall–Kier alpha value is -0.0600. The fourth-order valence-corrected chi connectivity index (χ4v) is 3.32. The van der Waals surface area contributed by atoms with Gasteiger partial charge in [-0.15, -0.1) is 11.3 Å².